The van der Waals surface area contributed by atoms with Crippen LogP contribution in [0.15, 0.2) is 89.4 Å². The fraction of sp³-hybridized carbons (Fsp3) is 0.206. The number of hydrogen-bond donors (Lipinski definition) is 1. The summed E-state index contributed by atoms with van der Waals surface area (Å²) in [5.41, 5.74) is 7.57. The number of carbonyl (C=O) groups excluding carboxylic acids is 2. The van der Waals surface area contributed by atoms with E-state index in [9.17, 15) is 9.59 Å². The van der Waals surface area contributed by atoms with Gasteiger partial charge in [0.25, 0.3) is 0 Å². The molecule has 0 radical (unpaired) electrons. The van der Waals surface area contributed by atoms with Crippen molar-refractivity contribution in [2.45, 2.75) is 38.5 Å². The van der Waals surface area contributed by atoms with Crippen molar-refractivity contribution in [1.82, 2.24) is 4.90 Å². The Bertz CT molecular complexity index is 1750. The van der Waals surface area contributed by atoms with E-state index in [0.717, 1.165) is 15.8 Å². The second kappa shape index (κ2) is 9.95. The molecular formula is C34H31N3O2SSe. The van der Waals surface area contributed by atoms with Crippen molar-refractivity contribution in [3.05, 3.63) is 116 Å². The summed E-state index contributed by atoms with van der Waals surface area (Å²) < 4.78 is 0.981. The first-order chi connectivity index (χ1) is 19.5. The van der Waals surface area contributed by atoms with Crippen LogP contribution >= 0.6 is 12.2 Å². The quantitative estimate of drug-likeness (QED) is 0.120. The zero-order chi connectivity index (χ0) is 29.1. The molecule has 4 aromatic rings. The van der Waals surface area contributed by atoms with Crippen LogP contribution < -0.4 is 10.2 Å². The minimum atomic E-state index is -0.393. The molecule has 0 saturated carbocycles. The number of likely N-dealkylation sites (N-methyl/N-ethyl adjacent to an activating group) is 1. The van der Waals surface area contributed by atoms with Gasteiger partial charge in [-0.3, -0.25) is 0 Å². The topological polar surface area (TPSA) is 52.7 Å². The van der Waals surface area contributed by atoms with Crippen LogP contribution in [-0.2, 0) is 20.4 Å². The molecule has 0 aliphatic carbocycles. The van der Waals surface area contributed by atoms with Crippen LogP contribution in [0.5, 0.6) is 0 Å². The van der Waals surface area contributed by atoms with E-state index in [2.05, 4.69) is 86.5 Å². The van der Waals surface area contributed by atoms with E-state index in [1.807, 2.05) is 30.3 Å². The molecule has 5 nitrogen and oxygen atoms in total. The number of benzene rings is 3. The van der Waals surface area contributed by atoms with Crippen molar-refractivity contribution in [3.63, 3.8) is 0 Å². The number of para-hydroxylation sites is 3. The van der Waals surface area contributed by atoms with E-state index in [1.54, 1.807) is 13.1 Å². The molecule has 3 aromatic carbocycles. The van der Waals surface area contributed by atoms with Gasteiger partial charge in [-0.1, -0.05) is 0 Å². The average molecular weight is 625 g/mol. The van der Waals surface area contributed by atoms with Crippen LogP contribution in [0.3, 0.4) is 0 Å². The van der Waals surface area contributed by atoms with Crippen molar-refractivity contribution in [2.24, 2.45) is 0 Å². The Labute approximate surface area is 252 Å². The molecule has 1 N–H and O–H groups in total. The summed E-state index contributed by atoms with van der Waals surface area (Å²) >= 11 is 5.46. The first kappa shape index (κ1) is 27.4. The fourth-order valence-electron chi connectivity index (χ4n) is 5.84. The van der Waals surface area contributed by atoms with Gasteiger partial charge >= 0.3 is 253 Å². The molecule has 1 saturated heterocycles. The van der Waals surface area contributed by atoms with E-state index in [0.29, 0.717) is 5.69 Å². The van der Waals surface area contributed by atoms with Gasteiger partial charge in [-0.2, -0.15) is 0 Å². The molecule has 2 aliphatic rings. The number of nitrogens with zero attached hydrogens (tertiary/aromatic N) is 2. The number of anilines is 3. The molecule has 1 aromatic heterocycles. The molecule has 0 unspecified atom stereocenters. The van der Waals surface area contributed by atoms with Crippen molar-refractivity contribution in [3.8, 4) is 0 Å². The average Bonchev–Trinajstić information content (AvgIpc) is 3.44. The van der Waals surface area contributed by atoms with Gasteiger partial charge in [0.2, 0.25) is 0 Å². The van der Waals surface area contributed by atoms with E-state index in [-0.39, 0.29) is 41.9 Å². The summed E-state index contributed by atoms with van der Waals surface area (Å²) in [6.07, 6.45) is 1.76. The number of amides is 2. The Balaban J connectivity index is 1.37. The molecular weight excluding hydrogens is 593 g/mol. The molecule has 7 heteroatoms. The summed E-state index contributed by atoms with van der Waals surface area (Å²) in [6, 6.07) is 26.5. The summed E-state index contributed by atoms with van der Waals surface area (Å²) in [4.78, 5) is 31.9. The first-order valence-corrected chi connectivity index (χ1v) is 15.8. The number of fused-ring (bicyclic) bond motifs is 2. The third kappa shape index (κ3) is 4.40. The summed E-state index contributed by atoms with van der Waals surface area (Å²) in [6.45, 7) is 9.05. The number of carbonyl (C=O) groups is 2. The second-order valence-electron chi connectivity index (χ2n) is 11.6. The molecule has 0 bridgehead atoms. The summed E-state index contributed by atoms with van der Waals surface area (Å²) in [7, 11) is 1.62. The molecule has 2 amide bonds. The molecule has 3 heterocycles. The van der Waals surface area contributed by atoms with Crippen LogP contribution in [0, 0.1) is 0 Å². The van der Waals surface area contributed by atoms with Crippen molar-refractivity contribution in [2.75, 3.05) is 17.3 Å². The predicted octanol–water partition coefficient (Wildman–Crippen LogP) is 6.63. The Morgan fingerprint density at radius 1 is 0.902 bits per heavy atom. The van der Waals surface area contributed by atoms with Gasteiger partial charge in [-0.05, 0) is 0 Å². The van der Waals surface area contributed by atoms with Gasteiger partial charge in [0.15, 0.2) is 0 Å². The van der Waals surface area contributed by atoms with E-state index < -0.39 is 5.91 Å². The zero-order valence-corrected chi connectivity index (χ0v) is 26.2. The van der Waals surface area contributed by atoms with E-state index in [4.69, 9.17) is 12.2 Å². The summed E-state index contributed by atoms with van der Waals surface area (Å²) in [5.74, 6) is -0.769. The van der Waals surface area contributed by atoms with Crippen molar-refractivity contribution >= 4 is 66.8 Å². The van der Waals surface area contributed by atoms with Gasteiger partial charge in [0, 0.05) is 0 Å². The van der Waals surface area contributed by atoms with E-state index in [1.165, 1.54) is 32.1 Å². The van der Waals surface area contributed by atoms with Gasteiger partial charge < -0.3 is 0 Å². The van der Waals surface area contributed by atoms with Crippen LogP contribution in [0.1, 0.15) is 54.4 Å². The molecule has 2 aliphatic heterocycles. The van der Waals surface area contributed by atoms with Gasteiger partial charge in [-0.25, -0.2) is 0 Å². The van der Waals surface area contributed by atoms with E-state index >= 15 is 0 Å². The fourth-order valence-corrected chi connectivity index (χ4v) is 8.23. The molecule has 0 atom stereocenters. The Hall–Kier alpha value is -3.77. The SMILES string of the molecule is CN1C(=O)/C(=C\c2cc(C(C)(C)c3cccc4c3Nc3ccccc3C4(C)C)c[se]2)C(=O)N(c2ccccc2)C1=S. The maximum absolute atomic E-state index is 13.6. The maximum atomic E-state index is 13.6. The van der Waals surface area contributed by atoms with Gasteiger partial charge in [0.05, 0.1) is 0 Å². The van der Waals surface area contributed by atoms with Crippen molar-refractivity contribution < 1.29 is 9.59 Å². The normalized spacial score (nSPS) is 17.4. The van der Waals surface area contributed by atoms with Gasteiger partial charge in [-0.15, -0.1) is 0 Å². The number of nitrogens with one attached hydrogen (secondary N) is 1. The third-order valence-electron chi connectivity index (χ3n) is 8.36. The first-order valence-electron chi connectivity index (χ1n) is 13.5. The monoisotopic (exact) mass is 625 g/mol. The summed E-state index contributed by atoms with van der Waals surface area (Å²) in [5, 5.41) is 3.93. The Morgan fingerprint density at radius 2 is 1.59 bits per heavy atom. The van der Waals surface area contributed by atoms with Crippen molar-refractivity contribution in [1.29, 1.82) is 0 Å². The van der Waals surface area contributed by atoms with Gasteiger partial charge in [0.1, 0.15) is 0 Å². The Morgan fingerprint density at radius 3 is 2.34 bits per heavy atom. The number of hydrogen-bond acceptors (Lipinski definition) is 4. The molecule has 6 rings (SSSR count). The van der Waals surface area contributed by atoms with Crippen LogP contribution in [0.25, 0.3) is 6.08 Å². The van der Waals surface area contributed by atoms with Crippen LogP contribution in [0.4, 0.5) is 17.1 Å². The zero-order valence-electron chi connectivity index (χ0n) is 23.7. The minimum absolute atomic E-state index is 0.0254. The molecule has 206 valence electrons. The van der Waals surface area contributed by atoms with Crippen LogP contribution in [-0.4, -0.2) is 43.4 Å². The molecule has 1 fully saturated rings. The third-order valence-corrected chi connectivity index (χ3v) is 10.7. The number of rotatable bonds is 4. The second-order valence-corrected chi connectivity index (χ2v) is 13.9. The molecule has 0 spiro atoms. The Kier molecular flexibility index (Phi) is 6.65. The van der Waals surface area contributed by atoms with Crippen LogP contribution in [0.2, 0.25) is 0 Å². The predicted molar refractivity (Wildman–Crippen MR) is 171 cm³/mol. The standard InChI is InChI=1S/C34H31N3O2SSe/c1-33(2,26-15-11-16-27-29(26)35-28-17-10-9-14-25(28)34(27,3)4)21-18-23(41-20-21)19-24-30(38)36(5)32(40)37(31(24)39)22-12-7-6-8-13-22/h6-20,35H,1-5H3/b24-19+. The molecule has 41 heavy (non-hydrogen) atoms. The number of thiocarbonyl (C=S) groups is 1.